The van der Waals surface area contributed by atoms with Crippen LogP contribution in [0.2, 0.25) is 0 Å². The Morgan fingerprint density at radius 3 is 2.36 bits per heavy atom. The molecule has 0 bridgehead atoms. The first kappa shape index (κ1) is 10.8. The number of methoxy groups -OCH3 is 2. The SMILES string of the molecule is COc1cc(F)c(OC)[13cH]c1CCN. The highest BCUT2D eigenvalue weighted by Crippen LogP contribution is 2.27. The third-order valence-corrected chi connectivity index (χ3v) is 1.97. The van der Waals surface area contributed by atoms with Gasteiger partial charge in [0.05, 0.1) is 14.2 Å². The minimum Gasteiger partial charge on any atom is -0.496 e. The zero-order valence-electron chi connectivity index (χ0n) is 8.34. The van der Waals surface area contributed by atoms with Crippen LogP contribution in [0.3, 0.4) is 0 Å². The van der Waals surface area contributed by atoms with Crippen LogP contribution in [0.1, 0.15) is 5.56 Å². The fourth-order valence-corrected chi connectivity index (χ4v) is 1.27. The Morgan fingerprint density at radius 2 is 1.86 bits per heavy atom. The molecule has 14 heavy (non-hydrogen) atoms. The largest absolute Gasteiger partial charge is 0.496 e. The molecule has 0 unspecified atom stereocenters. The van der Waals surface area contributed by atoms with Crippen LogP contribution in [0.5, 0.6) is 11.5 Å². The summed E-state index contributed by atoms with van der Waals surface area (Å²) in [5, 5.41) is 0. The summed E-state index contributed by atoms with van der Waals surface area (Å²) in [4.78, 5) is 0. The van der Waals surface area contributed by atoms with Crippen LogP contribution < -0.4 is 15.2 Å². The van der Waals surface area contributed by atoms with Gasteiger partial charge < -0.3 is 15.2 Å². The minimum absolute atomic E-state index is 0.217. The van der Waals surface area contributed by atoms with Crippen LogP contribution >= 0.6 is 0 Å². The molecule has 0 heterocycles. The first-order chi connectivity index (χ1) is 6.72. The third kappa shape index (κ3) is 2.14. The van der Waals surface area contributed by atoms with Crippen LogP contribution in [-0.4, -0.2) is 20.8 Å². The summed E-state index contributed by atoms with van der Waals surface area (Å²) in [6, 6.07) is 2.92. The lowest BCUT2D eigenvalue weighted by Crippen LogP contribution is -2.05. The predicted molar refractivity (Wildman–Crippen MR) is 52.3 cm³/mol. The van der Waals surface area contributed by atoms with Crippen LogP contribution in [-0.2, 0) is 6.42 Å². The van der Waals surface area contributed by atoms with Gasteiger partial charge in [0.15, 0.2) is 11.6 Å². The van der Waals surface area contributed by atoms with Crippen LogP contribution in [0.4, 0.5) is 4.39 Å². The molecule has 0 radical (unpaired) electrons. The molecular formula is C10H14FNO2. The van der Waals surface area contributed by atoms with Crippen molar-refractivity contribution in [2.24, 2.45) is 5.73 Å². The van der Waals surface area contributed by atoms with Gasteiger partial charge in [-0.1, -0.05) is 0 Å². The van der Waals surface area contributed by atoms with Crippen molar-refractivity contribution in [3.8, 4) is 11.5 Å². The molecule has 78 valence electrons. The number of rotatable bonds is 4. The van der Waals surface area contributed by atoms with Crippen LogP contribution in [0.25, 0.3) is 0 Å². The van der Waals surface area contributed by atoms with E-state index in [4.69, 9.17) is 15.2 Å². The molecule has 0 spiro atoms. The van der Waals surface area contributed by atoms with Crippen molar-refractivity contribution in [1.82, 2.24) is 0 Å². The quantitative estimate of drug-likeness (QED) is 0.797. The first-order valence-corrected chi connectivity index (χ1v) is 4.33. The molecule has 0 fully saturated rings. The number of nitrogens with two attached hydrogens (primary N) is 1. The maximum Gasteiger partial charge on any atom is 0.168 e. The molecule has 0 aliphatic rings. The fraction of sp³-hybridized carbons (Fsp3) is 0.400. The zero-order valence-corrected chi connectivity index (χ0v) is 8.34. The Morgan fingerprint density at radius 1 is 1.21 bits per heavy atom. The second-order valence-corrected chi connectivity index (χ2v) is 2.84. The van der Waals surface area contributed by atoms with Crippen LogP contribution in [0, 0.1) is 5.82 Å². The van der Waals surface area contributed by atoms with E-state index in [1.165, 1.54) is 20.3 Å². The van der Waals surface area contributed by atoms with Crippen molar-refractivity contribution >= 4 is 0 Å². The first-order valence-electron chi connectivity index (χ1n) is 4.33. The van der Waals surface area contributed by atoms with Crippen molar-refractivity contribution < 1.29 is 13.9 Å². The number of hydrogen-bond donors (Lipinski definition) is 1. The van der Waals surface area contributed by atoms with Gasteiger partial charge in [0.25, 0.3) is 0 Å². The second-order valence-electron chi connectivity index (χ2n) is 2.84. The number of ether oxygens (including phenoxy) is 2. The molecule has 3 nitrogen and oxygen atoms in total. The highest BCUT2D eigenvalue weighted by molar-refractivity contribution is 5.41. The van der Waals surface area contributed by atoms with Crippen molar-refractivity contribution in [2.45, 2.75) is 6.42 Å². The van der Waals surface area contributed by atoms with Gasteiger partial charge in [0, 0.05) is 6.07 Å². The molecule has 0 aromatic heterocycles. The summed E-state index contributed by atoms with van der Waals surface area (Å²) in [6.07, 6.45) is 0.639. The molecule has 1 aromatic carbocycles. The van der Waals surface area contributed by atoms with Crippen molar-refractivity contribution in [2.75, 3.05) is 20.8 Å². The molecule has 0 aliphatic heterocycles. The van der Waals surface area contributed by atoms with Gasteiger partial charge >= 0.3 is 0 Å². The minimum atomic E-state index is -0.426. The summed E-state index contributed by atoms with van der Waals surface area (Å²) in [7, 11) is 2.93. The van der Waals surface area contributed by atoms with E-state index in [0.29, 0.717) is 18.7 Å². The fourth-order valence-electron chi connectivity index (χ4n) is 1.27. The molecular weight excluding hydrogens is 186 g/mol. The summed E-state index contributed by atoms with van der Waals surface area (Å²) >= 11 is 0. The standard InChI is InChI=1S/C10H14FNO2/c1-13-9-6-8(11)10(14-2)5-7(9)3-4-12/h5-6H,3-4,12H2,1-2H3/i5+1. The van der Waals surface area contributed by atoms with Gasteiger partial charge in [-0.2, -0.15) is 0 Å². The Bertz CT molecular complexity index is 315. The molecule has 0 aliphatic carbocycles. The van der Waals surface area contributed by atoms with E-state index < -0.39 is 5.82 Å². The lowest BCUT2D eigenvalue weighted by molar-refractivity contribution is 0.374. The van der Waals surface area contributed by atoms with Gasteiger partial charge in [-0.3, -0.25) is 0 Å². The van der Waals surface area contributed by atoms with E-state index >= 15 is 0 Å². The van der Waals surface area contributed by atoms with Crippen LogP contribution in [0.15, 0.2) is 12.1 Å². The van der Waals surface area contributed by atoms with E-state index in [1.54, 1.807) is 6.07 Å². The van der Waals surface area contributed by atoms with Gasteiger partial charge in [0.2, 0.25) is 0 Å². The number of benzene rings is 1. The normalized spacial score (nSPS) is 10.0. The maximum absolute atomic E-state index is 13.2. The summed E-state index contributed by atoms with van der Waals surface area (Å²) < 4.78 is 23.1. The van der Waals surface area contributed by atoms with Crippen molar-refractivity contribution in [1.29, 1.82) is 0 Å². The molecule has 4 heteroatoms. The molecule has 0 atom stereocenters. The van der Waals surface area contributed by atoms with Gasteiger partial charge in [0.1, 0.15) is 5.75 Å². The Hall–Kier alpha value is -1.29. The van der Waals surface area contributed by atoms with E-state index in [2.05, 4.69) is 0 Å². The van der Waals surface area contributed by atoms with E-state index in [-0.39, 0.29) is 5.75 Å². The zero-order chi connectivity index (χ0) is 10.6. The monoisotopic (exact) mass is 200 g/mol. The summed E-state index contributed by atoms with van der Waals surface area (Å²) in [6.45, 7) is 0.491. The lowest BCUT2D eigenvalue weighted by atomic mass is 10.2. The lowest BCUT2D eigenvalue weighted by Gasteiger charge is -2.10. The van der Waals surface area contributed by atoms with Gasteiger partial charge in [-0.15, -0.1) is 0 Å². The Balaban J connectivity index is 3.11. The Labute approximate surface area is 82.6 Å². The highest BCUT2D eigenvalue weighted by Gasteiger charge is 2.09. The van der Waals surface area contributed by atoms with E-state index in [1.807, 2.05) is 0 Å². The average Bonchev–Trinajstić information content (AvgIpc) is 2.20. The molecule has 0 saturated carbocycles. The third-order valence-electron chi connectivity index (χ3n) is 1.97. The van der Waals surface area contributed by atoms with Crippen molar-refractivity contribution in [3.05, 3.63) is 23.5 Å². The molecule has 2 N–H and O–H groups in total. The smallest absolute Gasteiger partial charge is 0.168 e. The van der Waals surface area contributed by atoms with E-state index in [9.17, 15) is 4.39 Å². The predicted octanol–water partition coefficient (Wildman–Crippen LogP) is 1.34. The van der Waals surface area contributed by atoms with Gasteiger partial charge in [-0.05, 0) is 24.6 Å². The molecule has 1 aromatic rings. The topological polar surface area (TPSA) is 44.5 Å². The molecule has 0 saturated heterocycles. The van der Waals surface area contributed by atoms with E-state index in [0.717, 1.165) is 5.56 Å². The average molecular weight is 200 g/mol. The van der Waals surface area contributed by atoms with Gasteiger partial charge in [-0.25, -0.2) is 4.39 Å². The number of halogens is 1. The Kier molecular flexibility index (Phi) is 3.71. The summed E-state index contributed by atoms with van der Waals surface area (Å²) in [5.74, 6) is 0.299. The second kappa shape index (κ2) is 4.81. The highest BCUT2D eigenvalue weighted by atomic mass is 19.1. The number of hydrogen-bond acceptors (Lipinski definition) is 3. The molecule has 1 rings (SSSR count). The molecule has 0 amide bonds. The maximum atomic E-state index is 13.2. The summed E-state index contributed by atoms with van der Waals surface area (Å²) in [5.41, 5.74) is 6.28. The van der Waals surface area contributed by atoms with Crippen molar-refractivity contribution in [3.63, 3.8) is 0 Å².